The van der Waals surface area contributed by atoms with Gasteiger partial charge in [0, 0.05) is 32.1 Å². The molecule has 0 unspecified atom stereocenters. The highest BCUT2D eigenvalue weighted by atomic mass is 16.2. The van der Waals surface area contributed by atoms with Crippen LogP contribution in [0.4, 0.5) is 0 Å². The molecule has 0 aromatic heterocycles. The third-order valence-corrected chi connectivity index (χ3v) is 6.88. The molecule has 0 atom stereocenters. The van der Waals surface area contributed by atoms with Crippen molar-refractivity contribution in [3.05, 3.63) is 34.9 Å². The number of amides is 2. The van der Waals surface area contributed by atoms with Gasteiger partial charge in [0.15, 0.2) is 0 Å². The maximum absolute atomic E-state index is 12.8. The summed E-state index contributed by atoms with van der Waals surface area (Å²) in [6.07, 6.45) is 11.8. The Morgan fingerprint density at radius 1 is 0.786 bits per heavy atom. The van der Waals surface area contributed by atoms with Gasteiger partial charge in [0.05, 0.1) is 6.42 Å². The molecule has 2 amide bonds. The van der Waals surface area contributed by atoms with Crippen molar-refractivity contribution in [3.8, 4) is 0 Å². The molecule has 0 bridgehead atoms. The molecule has 1 aromatic carbocycles. The van der Waals surface area contributed by atoms with Crippen LogP contribution in [0.15, 0.2) is 18.2 Å². The van der Waals surface area contributed by atoms with Gasteiger partial charge in [-0.05, 0) is 68.1 Å². The van der Waals surface area contributed by atoms with E-state index in [1.165, 1.54) is 43.2 Å². The fraction of sp³-hybridized carbons (Fsp3) is 0.667. The quantitative estimate of drug-likeness (QED) is 0.799. The number of rotatable bonds is 3. The van der Waals surface area contributed by atoms with Crippen molar-refractivity contribution in [1.82, 2.24) is 9.80 Å². The van der Waals surface area contributed by atoms with Crippen LogP contribution < -0.4 is 0 Å². The number of carbonyl (C=O) groups excluding carboxylic acids is 2. The largest absolute Gasteiger partial charge is 0.342 e. The van der Waals surface area contributed by atoms with E-state index in [0.717, 1.165) is 63.8 Å². The van der Waals surface area contributed by atoms with Gasteiger partial charge in [0.2, 0.25) is 11.8 Å². The summed E-state index contributed by atoms with van der Waals surface area (Å²) in [7, 11) is 0. The van der Waals surface area contributed by atoms with Gasteiger partial charge in [-0.1, -0.05) is 31.0 Å². The van der Waals surface area contributed by atoms with E-state index in [4.69, 9.17) is 0 Å². The van der Waals surface area contributed by atoms with Crippen LogP contribution in [0.3, 0.4) is 0 Å². The van der Waals surface area contributed by atoms with Crippen molar-refractivity contribution in [1.29, 1.82) is 0 Å². The molecule has 4 nitrogen and oxygen atoms in total. The van der Waals surface area contributed by atoms with Crippen LogP contribution in [0.1, 0.15) is 68.1 Å². The van der Waals surface area contributed by atoms with Crippen LogP contribution >= 0.6 is 0 Å². The second kappa shape index (κ2) is 9.11. The smallest absolute Gasteiger partial charge is 0.226 e. The highest BCUT2D eigenvalue weighted by Crippen LogP contribution is 2.24. The number of aryl methyl sites for hydroxylation is 2. The van der Waals surface area contributed by atoms with Gasteiger partial charge in [0.1, 0.15) is 0 Å². The molecule has 2 aliphatic heterocycles. The summed E-state index contributed by atoms with van der Waals surface area (Å²) >= 11 is 0. The van der Waals surface area contributed by atoms with Crippen molar-refractivity contribution in [2.45, 2.75) is 70.6 Å². The first kappa shape index (κ1) is 19.5. The number of fused-ring (bicyclic) bond motifs is 1. The Morgan fingerprint density at radius 2 is 1.46 bits per heavy atom. The highest BCUT2D eigenvalue weighted by molar-refractivity contribution is 5.81. The minimum absolute atomic E-state index is 0.117. The number of benzene rings is 1. The fourth-order valence-corrected chi connectivity index (χ4v) is 5.11. The van der Waals surface area contributed by atoms with Crippen molar-refractivity contribution < 1.29 is 9.59 Å². The van der Waals surface area contributed by atoms with Crippen LogP contribution in [0.25, 0.3) is 0 Å². The third-order valence-electron chi connectivity index (χ3n) is 6.88. The lowest BCUT2D eigenvalue weighted by molar-refractivity contribution is -0.140. The lowest BCUT2D eigenvalue weighted by Gasteiger charge is -2.34. The van der Waals surface area contributed by atoms with Gasteiger partial charge in [-0.15, -0.1) is 0 Å². The molecule has 1 aliphatic carbocycles. The lowest BCUT2D eigenvalue weighted by Crippen LogP contribution is -2.45. The van der Waals surface area contributed by atoms with Crippen molar-refractivity contribution in [2.24, 2.45) is 5.92 Å². The van der Waals surface area contributed by atoms with Crippen molar-refractivity contribution in [3.63, 3.8) is 0 Å². The Kier molecular flexibility index (Phi) is 6.33. The lowest BCUT2D eigenvalue weighted by atomic mass is 9.89. The van der Waals surface area contributed by atoms with Crippen LogP contribution in [0, 0.1) is 5.92 Å². The standard InChI is InChI=1S/C24H34N2O2/c27-23(18-19-9-10-20-7-3-4-8-22(20)17-19)25-15-11-21(12-16-25)24(28)26-13-5-1-2-6-14-26/h9-10,17,21H,1-8,11-16,18H2. The van der Waals surface area contributed by atoms with Crippen LogP contribution in [0.5, 0.6) is 0 Å². The van der Waals surface area contributed by atoms with Gasteiger partial charge in [0.25, 0.3) is 0 Å². The van der Waals surface area contributed by atoms with Crippen LogP contribution in [0.2, 0.25) is 0 Å². The van der Waals surface area contributed by atoms with Gasteiger partial charge >= 0.3 is 0 Å². The number of hydrogen-bond donors (Lipinski definition) is 0. The summed E-state index contributed by atoms with van der Waals surface area (Å²) in [5, 5.41) is 0. The molecular weight excluding hydrogens is 348 g/mol. The number of likely N-dealkylation sites (tertiary alicyclic amines) is 2. The van der Waals surface area contributed by atoms with Gasteiger partial charge < -0.3 is 9.80 Å². The van der Waals surface area contributed by atoms with Crippen LogP contribution in [-0.4, -0.2) is 47.8 Å². The van der Waals surface area contributed by atoms with Gasteiger partial charge in [-0.2, -0.15) is 0 Å². The maximum Gasteiger partial charge on any atom is 0.226 e. The van der Waals surface area contributed by atoms with Crippen molar-refractivity contribution in [2.75, 3.05) is 26.2 Å². The Balaban J connectivity index is 1.28. The summed E-state index contributed by atoms with van der Waals surface area (Å²) < 4.78 is 0. The molecule has 3 aliphatic rings. The second-order valence-corrected chi connectivity index (χ2v) is 8.88. The normalized spacial score (nSPS) is 21.1. The zero-order valence-corrected chi connectivity index (χ0v) is 17.1. The predicted molar refractivity (Wildman–Crippen MR) is 111 cm³/mol. The topological polar surface area (TPSA) is 40.6 Å². The SMILES string of the molecule is O=C(Cc1ccc2c(c1)CCCC2)N1CCC(C(=O)N2CCCCCC2)CC1. The van der Waals surface area contributed by atoms with Crippen LogP contribution in [-0.2, 0) is 28.9 Å². The zero-order valence-electron chi connectivity index (χ0n) is 17.1. The molecule has 2 heterocycles. The Bertz CT molecular complexity index is 699. The molecule has 0 saturated carbocycles. The first-order valence-electron chi connectivity index (χ1n) is 11.4. The molecule has 4 heteroatoms. The van der Waals surface area contributed by atoms with Gasteiger partial charge in [-0.25, -0.2) is 0 Å². The number of carbonyl (C=O) groups is 2. The zero-order chi connectivity index (χ0) is 19.3. The fourth-order valence-electron chi connectivity index (χ4n) is 5.11. The Hall–Kier alpha value is -1.84. The summed E-state index contributed by atoms with van der Waals surface area (Å²) in [6.45, 7) is 3.31. The summed E-state index contributed by atoms with van der Waals surface area (Å²) in [5.74, 6) is 0.672. The Morgan fingerprint density at radius 3 is 2.18 bits per heavy atom. The number of nitrogens with zero attached hydrogens (tertiary/aromatic N) is 2. The monoisotopic (exact) mass is 382 g/mol. The molecule has 0 radical (unpaired) electrons. The number of piperidine rings is 1. The summed E-state index contributed by atoms with van der Waals surface area (Å²) in [6, 6.07) is 6.61. The van der Waals surface area contributed by atoms with E-state index < -0.39 is 0 Å². The van der Waals surface area contributed by atoms with E-state index in [1.54, 1.807) is 0 Å². The van der Waals surface area contributed by atoms with Gasteiger partial charge in [-0.3, -0.25) is 9.59 Å². The average Bonchev–Trinajstić information content (AvgIpc) is 3.03. The van der Waals surface area contributed by atoms with Crippen molar-refractivity contribution >= 4 is 11.8 Å². The molecule has 28 heavy (non-hydrogen) atoms. The molecular formula is C24H34N2O2. The summed E-state index contributed by atoms with van der Waals surface area (Å²) in [4.78, 5) is 29.7. The second-order valence-electron chi connectivity index (χ2n) is 8.88. The minimum atomic E-state index is 0.117. The highest BCUT2D eigenvalue weighted by Gasteiger charge is 2.30. The molecule has 2 fully saturated rings. The molecule has 1 aromatic rings. The Labute approximate surface area is 169 Å². The van der Waals surface area contributed by atoms with E-state index in [0.29, 0.717) is 12.3 Å². The first-order chi connectivity index (χ1) is 13.7. The molecule has 0 N–H and O–H groups in total. The first-order valence-corrected chi connectivity index (χ1v) is 11.4. The number of hydrogen-bond acceptors (Lipinski definition) is 2. The van der Waals surface area contributed by atoms with E-state index in [1.807, 2.05) is 4.90 Å². The third kappa shape index (κ3) is 4.59. The molecule has 2 saturated heterocycles. The van der Waals surface area contributed by atoms with E-state index >= 15 is 0 Å². The molecule has 152 valence electrons. The van der Waals surface area contributed by atoms with E-state index in [9.17, 15) is 9.59 Å². The van der Waals surface area contributed by atoms with E-state index in [-0.39, 0.29) is 11.8 Å². The minimum Gasteiger partial charge on any atom is -0.342 e. The average molecular weight is 383 g/mol. The summed E-state index contributed by atoms with van der Waals surface area (Å²) in [5.41, 5.74) is 4.06. The predicted octanol–water partition coefficient (Wildman–Crippen LogP) is 3.75. The molecule has 0 spiro atoms. The maximum atomic E-state index is 12.8. The molecule has 4 rings (SSSR count). The van der Waals surface area contributed by atoms with E-state index in [2.05, 4.69) is 23.1 Å².